The van der Waals surface area contributed by atoms with Gasteiger partial charge in [-0.1, -0.05) is 65.2 Å². The van der Waals surface area contributed by atoms with Crippen molar-refractivity contribution in [3.63, 3.8) is 0 Å². The predicted octanol–water partition coefficient (Wildman–Crippen LogP) is 6.63. The van der Waals surface area contributed by atoms with Crippen LogP contribution in [0.1, 0.15) is 109 Å². The van der Waals surface area contributed by atoms with Gasteiger partial charge in [-0.3, -0.25) is 0 Å². The van der Waals surface area contributed by atoms with Crippen LogP contribution in [0.5, 0.6) is 0 Å². The van der Waals surface area contributed by atoms with E-state index in [1.807, 2.05) is 0 Å². The Balaban J connectivity index is 1.69. The van der Waals surface area contributed by atoms with Crippen LogP contribution in [0.15, 0.2) is 12.4 Å². The summed E-state index contributed by atoms with van der Waals surface area (Å²) in [6.45, 7) is 4.54. The summed E-state index contributed by atoms with van der Waals surface area (Å²) in [6, 6.07) is 0. The minimum absolute atomic E-state index is 0.270. The maximum Gasteiger partial charge on any atom is 0.134 e. The highest BCUT2D eigenvalue weighted by Gasteiger charge is 2.40. The fraction of sp³-hybridized carbons (Fsp3) is 0.826. The molecule has 0 amide bonds. The molecule has 0 N–H and O–H groups in total. The number of aryl methyl sites for hydroxylation is 1. The first-order valence-electron chi connectivity index (χ1n) is 11.1. The fourth-order valence-corrected chi connectivity index (χ4v) is 5.42. The van der Waals surface area contributed by atoms with E-state index in [2.05, 4.69) is 26.2 Å². The van der Waals surface area contributed by atoms with Gasteiger partial charge in [-0.2, -0.15) is 0 Å². The number of hydrogen-bond donors (Lipinski definition) is 0. The van der Waals surface area contributed by atoms with Gasteiger partial charge in [0.25, 0.3) is 0 Å². The molecule has 2 nitrogen and oxygen atoms in total. The minimum atomic E-state index is 0.270. The van der Waals surface area contributed by atoms with Crippen LogP contribution in [-0.2, 0) is 11.8 Å². The predicted molar refractivity (Wildman–Crippen MR) is 106 cm³/mol. The molecule has 0 aliphatic heterocycles. The molecule has 0 spiro atoms. The molecular formula is C23H38N2. The second-order valence-electron chi connectivity index (χ2n) is 8.78. The Morgan fingerprint density at radius 3 is 2.12 bits per heavy atom. The third-order valence-corrected chi connectivity index (χ3v) is 7.03. The lowest BCUT2D eigenvalue weighted by Gasteiger charge is -2.42. The van der Waals surface area contributed by atoms with Gasteiger partial charge in [-0.25, -0.2) is 9.97 Å². The van der Waals surface area contributed by atoms with E-state index >= 15 is 0 Å². The fourth-order valence-electron chi connectivity index (χ4n) is 5.42. The zero-order valence-corrected chi connectivity index (χ0v) is 16.6. The number of rotatable bonds is 7. The van der Waals surface area contributed by atoms with Crippen LogP contribution in [0.25, 0.3) is 0 Å². The Kier molecular flexibility index (Phi) is 6.90. The summed E-state index contributed by atoms with van der Waals surface area (Å²) in [5.41, 5.74) is 1.57. The number of hydrogen-bond acceptors (Lipinski definition) is 2. The standard InChI is InChI=1S/C23H38N2/c1-3-5-14-23(22-24-17-19(9-4-2)18-25-22)15-12-21(13-16-23)20-10-7-6-8-11-20/h17-18,20-21H,3-16H2,1-2H3. The molecule has 0 radical (unpaired) electrons. The van der Waals surface area contributed by atoms with Crippen molar-refractivity contribution in [3.8, 4) is 0 Å². The quantitative estimate of drug-likeness (QED) is 0.556. The summed E-state index contributed by atoms with van der Waals surface area (Å²) in [7, 11) is 0. The van der Waals surface area contributed by atoms with E-state index in [0.717, 1.165) is 24.1 Å². The van der Waals surface area contributed by atoms with Crippen molar-refractivity contribution >= 4 is 0 Å². The van der Waals surface area contributed by atoms with E-state index in [4.69, 9.17) is 9.97 Å². The average molecular weight is 343 g/mol. The van der Waals surface area contributed by atoms with Gasteiger partial charge in [-0.15, -0.1) is 0 Å². The van der Waals surface area contributed by atoms with Crippen molar-refractivity contribution in [2.45, 2.75) is 109 Å². The highest BCUT2D eigenvalue weighted by Crippen LogP contribution is 2.47. The molecule has 25 heavy (non-hydrogen) atoms. The number of unbranched alkanes of at least 4 members (excludes halogenated alkanes) is 1. The zero-order valence-electron chi connectivity index (χ0n) is 16.6. The van der Waals surface area contributed by atoms with Crippen LogP contribution in [0.4, 0.5) is 0 Å². The molecular weight excluding hydrogens is 304 g/mol. The van der Waals surface area contributed by atoms with E-state index in [1.54, 1.807) is 0 Å². The Bertz CT molecular complexity index is 493. The van der Waals surface area contributed by atoms with E-state index in [0.29, 0.717) is 0 Å². The lowest BCUT2D eigenvalue weighted by molar-refractivity contribution is 0.136. The summed E-state index contributed by atoms with van der Waals surface area (Å²) in [5, 5.41) is 0. The first-order chi connectivity index (χ1) is 12.3. The molecule has 1 aromatic heterocycles. The van der Waals surface area contributed by atoms with E-state index in [9.17, 15) is 0 Å². The monoisotopic (exact) mass is 342 g/mol. The van der Waals surface area contributed by atoms with Crippen LogP contribution in [0.3, 0.4) is 0 Å². The lowest BCUT2D eigenvalue weighted by atomic mass is 9.63. The van der Waals surface area contributed by atoms with Crippen molar-refractivity contribution in [1.29, 1.82) is 0 Å². The smallest absolute Gasteiger partial charge is 0.134 e. The maximum atomic E-state index is 4.87. The Hall–Kier alpha value is -0.920. The first-order valence-corrected chi connectivity index (χ1v) is 11.1. The summed E-state index contributed by atoms with van der Waals surface area (Å²) in [5.74, 6) is 3.16. The molecule has 2 aliphatic carbocycles. The molecule has 0 saturated heterocycles. The maximum absolute atomic E-state index is 4.87. The van der Waals surface area contributed by atoms with Gasteiger partial charge in [0.2, 0.25) is 0 Å². The Morgan fingerprint density at radius 1 is 0.880 bits per heavy atom. The molecule has 0 bridgehead atoms. The Morgan fingerprint density at radius 2 is 1.52 bits per heavy atom. The van der Waals surface area contributed by atoms with Crippen molar-refractivity contribution in [3.05, 3.63) is 23.8 Å². The van der Waals surface area contributed by atoms with Gasteiger partial charge in [0.05, 0.1) is 0 Å². The average Bonchev–Trinajstić information content (AvgIpc) is 2.68. The van der Waals surface area contributed by atoms with Gasteiger partial charge in [-0.05, 0) is 55.9 Å². The molecule has 0 unspecified atom stereocenters. The molecule has 3 rings (SSSR count). The lowest BCUT2D eigenvalue weighted by Crippen LogP contribution is -2.36. The normalized spacial score (nSPS) is 28.2. The van der Waals surface area contributed by atoms with Crippen LogP contribution < -0.4 is 0 Å². The van der Waals surface area contributed by atoms with Gasteiger partial charge in [0.15, 0.2) is 0 Å². The summed E-state index contributed by atoms with van der Waals surface area (Å²) in [6.07, 6.45) is 23.2. The van der Waals surface area contributed by atoms with Gasteiger partial charge >= 0.3 is 0 Å². The molecule has 140 valence electrons. The zero-order chi connectivity index (χ0) is 17.5. The molecule has 2 saturated carbocycles. The van der Waals surface area contributed by atoms with Crippen LogP contribution >= 0.6 is 0 Å². The Labute approximate surface area is 155 Å². The minimum Gasteiger partial charge on any atom is -0.240 e. The summed E-state index contributed by atoms with van der Waals surface area (Å²) in [4.78, 5) is 9.75. The second kappa shape index (κ2) is 9.14. The molecule has 1 aromatic rings. The van der Waals surface area contributed by atoms with Crippen LogP contribution in [-0.4, -0.2) is 9.97 Å². The van der Waals surface area contributed by atoms with E-state index < -0.39 is 0 Å². The van der Waals surface area contributed by atoms with Crippen molar-refractivity contribution in [1.82, 2.24) is 9.97 Å². The number of nitrogens with zero attached hydrogens (tertiary/aromatic N) is 2. The number of aromatic nitrogens is 2. The largest absolute Gasteiger partial charge is 0.240 e. The summed E-state index contributed by atoms with van der Waals surface area (Å²) >= 11 is 0. The second-order valence-corrected chi connectivity index (χ2v) is 8.78. The third-order valence-electron chi connectivity index (χ3n) is 7.03. The molecule has 2 fully saturated rings. The topological polar surface area (TPSA) is 25.8 Å². The van der Waals surface area contributed by atoms with E-state index in [-0.39, 0.29) is 5.41 Å². The van der Waals surface area contributed by atoms with Gasteiger partial charge in [0.1, 0.15) is 5.82 Å². The highest BCUT2D eigenvalue weighted by molar-refractivity contribution is 5.14. The van der Waals surface area contributed by atoms with Crippen molar-refractivity contribution in [2.24, 2.45) is 11.8 Å². The molecule has 2 aliphatic rings. The first kappa shape index (κ1) is 18.9. The molecule has 0 aromatic carbocycles. The highest BCUT2D eigenvalue weighted by atomic mass is 14.9. The van der Waals surface area contributed by atoms with Gasteiger partial charge in [0, 0.05) is 17.8 Å². The van der Waals surface area contributed by atoms with Crippen LogP contribution in [0.2, 0.25) is 0 Å². The van der Waals surface area contributed by atoms with Gasteiger partial charge < -0.3 is 0 Å². The third kappa shape index (κ3) is 4.63. The van der Waals surface area contributed by atoms with Crippen molar-refractivity contribution in [2.75, 3.05) is 0 Å². The molecule has 1 heterocycles. The van der Waals surface area contributed by atoms with Crippen molar-refractivity contribution < 1.29 is 0 Å². The summed E-state index contributed by atoms with van der Waals surface area (Å²) < 4.78 is 0. The SMILES string of the molecule is CCCCC1(c2ncc(CCC)cn2)CCC(C2CCCCC2)CC1. The molecule has 2 heteroatoms. The molecule has 0 atom stereocenters. The van der Waals surface area contributed by atoms with Crippen LogP contribution in [0, 0.1) is 11.8 Å². The van der Waals surface area contributed by atoms with E-state index in [1.165, 1.54) is 89.0 Å².